The molecule has 2 aliphatic rings. The average molecular weight is 571 g/mol. The highest BCUT2D eigenvalue weighted by Gasteiger charge is 2.50. The van der Waals surface area contributed by atoms with E-state index in [2.05, 4.69) is 10.3 Å². The van der Waals surface area contributed by atoms with Crippen molar-refractivity contribution < 1.29 is 37.0 Å². The summed E-state index contributed by atoms with van der Waals surface area (Å²) in [6.07, 6.45) is -3.82. The van der Waals surface area contributed by atoms with Crippen molar-refractivity contribution in [3.05, 3.63) is 28.6 Å². The summed E-state index contributed by atoms with van der Waals surface area (Å²) in [6.45, 7) is 9.77. The fourth-order valence-electron chi connectivity index (χ4n) is 5.62. The van der Waals surface area contributed by atoms with Crippen molar-refractivity contribution in [3.63, 3.8) is 0 Å². The van der Waals surface area contributed by atoms with Crippen LogP contribution in [-0.2, 0) is 39.8 Å². The van der Waals surface area contributed by atoms with Crippen LogP contribution in [0.15, 0.2) is 6.07 Å². The summed E-state index contributed by atoms with van der Waals surface area (Å²) in [6, 6.07) is 1.13. The summed E-state index contributed by atoms with van der Waals surface area (Å²) < 4.78 is 52.4. The lowest BCUT2D eigenvalue weighted by Gasteiger charge is -2.39. The number of hydrogen-bond donors (Lipinski definition) is 2. The number of carbonyl (C=O) groups is 3. The Kier molecular flexibility index (Phi) is 9.62. The Bertz CT molecular complexity index is 1100. The number of ether oxygens (including phenoxy) is 2. The number of nitrogens with two attached hydrogens (primary N) is 1. The van der Waals surface area contributed by atoms with E-state index in [4.69, 9.17) is 15.2 Å². The molecular formula is C28H41F3N4O5. The highest BCUT2D eigenvalue weighted by atomic mass is 19.4. The van der Waals surface area contributed by atoms with Gasteiger partial charge in [0.05, 0.1) is 16.7 Å². The van der Waals surface area contributed by atoms with E-state index in [0.29, 0.717) is 56.3 Å². The van der Waals surface area contributed by atoms with Gasteiger partial charge in [0.2, 0.25) is 5.91 Å². The number of fused-ring (bicyclic) bond motifs is 1. The molecule has 3 N–H and O–H groups in total. The first-order valence-corrected chi connectivity index (χ1v) is 13.8. The monoisotopic (exact) mass is 570 g/mol. The molecule has 0 aromatic carbocycles. The number of pyridine rings is 1. The molecule has 1 aliphatic heterocycles. The average Bonchev–Trinajstić information content (AvgIpc) is 3.25. The predicted octanol–water partition coefficient (Wildman–Crippen LogP) is 5.12. The summed E-state index contributed by atoms with van der Waals surface area (Å²) in [7, 11) is 0. The van der Waals surface area contributed by atoms with Crippen molar-refractivity contribution in [2.75, 3.05) is 13.1 Å². The Morgan fingerprint density at radius 3 is 2.52 bits per heavy atom. The number of nitrogens with one attached hydrogen (secondary N) is 1. The maximum Gasteiger partial charge on any atom is 0.418 e. The normalized spacial score (nSPS) is 21.2. The first-order chi connectivity index (χ1) is 18.5. The number of primary amides is 1. The SMILES string of the molecule is CC(C)[C@]1(C(=O)N2CCc3nc(CCCCNC(=O)OC(C)(C)C)c(C(F)(F)F)cc3C2)CC[C@@H](OC(N)=O)C1. The molecule has 0 unspecified atom stereocenters. The molecule has 9 nitrogen and oxygen atoms in total. The molecule has 0 bridgehead atoms. The van der Waals surface area contributed by atoms with E-state index < -0.39 is 41.0 Å². The minimum atomic E-state index is -4.59. The van der Waals surface area contributed by atoms with Crippen molar-refractivity contribution in [3.8, 4) is 0 Å². The van der Waals surface area contributed by atoms with E-state index in [9.17, 15) is 27.6 Å². The zero-order valence-electron chi connectivity index (χ0n) is 24.0. The number of aryl methyl sites for hydroxylation is 1. The van der Waals surface area contributed by atoms with Gasteiger partial charge in [0.25, 0.3) is 0 Å². The van der Waals surface area contributed by atoms with E-state index in [0.717, 1.165) is 6.07 Å². The van der Waals surface area contributed by atoms with Crippen LogP contribution in [0.5, 0.6) is 0 Å². The molecule has 3 rings (SSSR count). The van der Waals surface area contributed by atoms with Gasteiger partial charge in [-0.1, -0.05) is 13.8 Å². The fraction of sp³-hybridized carbons (Fsp3) is 0.714. The summed E-state index contributed by atoms with van der Waals surface area (Å²) in [4.78, 5) is 42.8. The van der Waals surface area contributed by atoms with Crippen molar-refractivity contribution in [2.24, 2.45) is 17.1 Å². The molecule has 1 aromatic heterocycles. The topological polar surface area (TPSA) is 124 Å². The lowest BCUT2D eigenvalue weighted by atomic mass is 9.74. The minimum Gasteiger partial charge on any atom is -0.446 e. The van der Waals surface area contributed by atoms with Crippen LogP contribution in [0.3, 0.4) is 0 Å². The predicted molar refractivity (Wildman–Crippen MR) is 141 cm³/mol. The zero-order valence-corrected chi connectivity index (χ0v) is 24.0. The molecule has 1 fully saturated rings. The maximum atomic E-state index is 14.0. The van der Waals surface area contributed by atoms with Gasteiger partial charge in [-0.3, -0.25) is 9.78 Å². The third-order valence-electron chi connectivity index (χ3n) is 7.67. The van der Waals surface area contributed by atoms with Gasteiger partial charge in [-0.25, -0.2) is 9.59 Å². The van der Waals surface area contributed by atoms with E-state index in [-0.39, 0.29) is 37.0 Å². The summed E-state index contributed by atoms with van der Waals surface area (Å²) in [5.74, 6) is -0.197. The molecule has 0 spiro atoms. The second kappa shape index (κ2) is 12.2. The Balaban J connectivity index is 1.69. The smallest absolute Gasteiger partial charge is 0.418 e. The number of rotatable bonds is 8. The van der Waals surface area contributed by atoms with Crippen molar-refractivity contribution in [1.82, 2.24) is 15.2 Å². The third kappa shape index (κ3) is 7.78. The van der Waals surface area contributed by atoms with Gasteiger partial charge in [-0.05, 0) is 76.8 Å². The highest BCUT2D eigenvalue weighted by molar-refractivity contribution is 5.84. The molecule has 1 aromatic rings. The summed E-state index contributed by atoms with van der Waals surface area (Å²) >= 11 is 0. The molecule has 1 aliphatic carbocycles. The van der Waals surface area contributed by atoms with Gasteiger partial charge in [-0.2, -0.15) is 13.2 Å². The third-order valence-corrected chi connectivity index (χ3v) is 7.67. The number of alkyl halides is 3. The number of unbranched alkanes of at least 4 members (excludes halogenated alkanes) is 1. The first-order valence-electron chi connectivity index (χ1n) is 13.8. The van der Waals surface area contributed by atoms with Crippen LogP contribution in [-0.4, -0.2) is 52.8 Å². The number of carbonyl (C=O) groups excluding carboxylic acids is 3. The van der Waals surface area contributed by atoms with E-state index in [1.807, 2.05) is 13.8 Å². The van der Waals surface area contributed by atoms with E-state index in [1.54, 1.807) is 25.7 Å². The van der Waals surface area contributed by atoms with Crippen LogP contribution in [0.1, 0.15) is 89.2 Å². The number of halogens is 3. The Morgan fingerprint density at radius 1 is 1.23 bits per heavy atom. The number of aromatic nitrogens is 1. The molecule has 3 amide bonds. The summed E-state index contributed by atoms with van der Waals surface area (Å²) in [5, 5.41) is 2.61. The van der Waals surface area contributed by atoms with Crippen LogP contribution < -0.4 is 11.1 Å². The van der Waals surface area contributed by atoms with Crippen LogP contribution in [0, 0.1) is 11.3 Å². The van der Waals surface area contributed by atoms with E-state index in [1.165, 1.54) is 0 Å². The molecule has 2 atom stereocenters. The maximum absolute atomic E-state index is 14.0. The molecular weight excluding hydrogens is 529 g/mol. The molecule has 2 heterocycles. The minimum absolute atomic E-state index is 0.0239. The molecule has 1 saturated carbocycles. The second-order valence-electron chi connectivity index (χ2n) is 12.1. The zero-order chi connectivity index (χ0) is 29.9. The van der Waals surface area contributed by atoms with Gasteiger partial charge < -0.3 is 25.4 Å². The first kappa shape index (κ1) is 31.5. The summed E-state index contributed by atoms with van der Waals surface area (Å²) in [5.41, 5.74) is 3.91. The fourth-order valence-corrected chi connectivity index (χ4v) is 5.62. The lowest BCUT2D eigenvalue weighted by molar-refractivity contribution is -0.146. The molecule has 0 radical (unpaired) electrons. The van der Waals surface area contributed by atoms with Crippen LogP contribution in [0.4, 0.5) is 22.8 Å². The quantitative estimate of drug-likeness (QED) is 0.418. The number of hydrogen-bond acceptors (Lipinski definition) is 6. The van der Waals surface area contributed by atoms with E-state index >= 15 is 0 Å². The van der Waals surface area contributed by atoms with Crippen LogP contribution >= 0.6 is 0 Å². The van der Waals surface area contributed by atoms with Crippen LogP contribution in [0.25, 0.3) is 0 Å². The van der Waals surface area contributed by atoms with Crippen molar-refractivity contribution >= 4 is 18.1 Å². The highest BCUT2D eigenvalue weighted by Crippen LogP contribution is 2.47. The second-order valence-corrected chi connectivity index (χ2v) is 12.1. The number of nitrogens with zero attached hydrogens (tertiary/aromatic N) is 2. The van der Waals surface area contributed by atoms with Crippen molar-refractivity contribution in [2.45, 2.75) is 104 Å². The van der Waals surface area contributed by atoms with Gasteiger partial charge in [0, 0.05) is 31.7 Å². The number of alkyl carbamates (subject to hydrolysis) is 1. The molecule has 40 heavy (non-hydrogen) atoms. The van der Waals surface area contributed by atoms with Gasteiger partial charge in [0.1, 0.15) is 11.7 Å². The largest absolute Gasteiger partial charge is 0.446 e. The molecule has 12 heteroatoms. The lowest BCUT2D eigenvalue weighted by Crippen LogP contribution is -2.48. The Hall–Kier alpha value is -3.05. The van der Waals surface area contributed by atoms with Crippen LogP contribution in [0.2, 0.25) is 0 Å². The Labute approximate surface area is 233 Å². The molecule has 224 valence electrons. The van der Waals surface area contributed by atoms with Gasteiger partial charge in [0.15, 0.2) is 0 Å². The van der Waals surface area contributed by atoms with Gasteiger partial charge >= 0.3 is 18.4 Å². The standard InChI is InChI=1S/C28H41F3N4O5/c1-17(2)27(11-9-19(15-27)39-24(32)37)23(36)35-13-10-21-18(16-35)14-20(28(29,30)31)22(34-21)8-6-7-12-33-25(38)40-26(3,4)5/h14,17,19H,6-13,15-16H2,1-5H3,(H2,32,37)(H,33,38)/t19-,27+/m1/s1. The Morgan fingerprint density at radius 2 is 1.93 bits per heavy atom. The van der Waals surface area contributed by atoms with Gasteiger partial charge in [-0.15, -0.1) is 0 Å². The molecule has 0 saturated heterocycles. The van der Waals surface area contributed by atoms with Crippen molar-refractivity contribution in [1.29, 1.82) is 0 Å². The number of amides is 3.